The van der Waals surface area contributed by atoms with Gasteiger partial charge in [0, 0.05) is 6.61 Å². The summed E-state index contributed by atoms with van der Waals surface area (Å²) in [6.07, 6.45) is 2.24. The van der Waals surface area contributed by atoms with Gasteiger partial charge in [-0.25, -0.2) is 0 Å². The summed E-state index contributed by atoms with van der Waals surface area (Å²) in [6.45, 7) is 5.13. The normalized spacial score (nSPS) is 11.5. The molecule has 0 amide bonds. The summed E-state index contributed by atoms with van der Waals surface area (Å²) in [5.41, 5.74) is 2.05. The molecule has 0 atom stereocenters. The number of hydrogen-bond acceptors (Lipinski definition) is 1. The molecule has 2 aromatic rings. The van der Waals surface area contributed by atoms with Crippen molar-refractivity contribution in [1.82, 2.24) is 0 Å². The summed E-state index contributed by atoms with van der Waals surface area (Å²) < 4.78 is 6.24. The number of benzene rings is 2. The molecule has 0 aliphatic heterocycles. The van der Waals surface area contributed by atoms with E-state index in [1.54, 1.807) is 0 Å². The van der Waals surface area contributed by atoms with Crippen LogP contribution in [0.1, 0.15) is 37.8 Å². The molecule has 1 nitrogen and oxygen atoms in total. The summed E-state index contributed by atoms with van der Waals surface area (Å²) >= 11 is 0. The highest BCUT2D eigenvalue weighted by Gasteiger charge is 2.29. The molecule has 0 bridgehead atoms. The van der Waals surface area contributed by atoms with E-state index in [0.29, 0.717) is 0 Å². The Bertz CT molecular complexity index is 436. The Morgan fingerprint density at radius 2 is 1.32 bits per heavy atom. The van der Waals surface area contributed by atoms with E-state index in [1.807, 2.05) is 12.1 Å². The highest BCUT2D eigenvalue weighted by atomic mass is 16.5. The number of rotatable bonds is 6. The lowest BCUT2D eigenvalue weighted by atomic mass is 9.88. The summed E-state index contributed by atoms with van der Waals surface area (Å²) in [4.78, 5) is 0. The van der Waals surface area contributed by atoms with Gasteiger partial charge in [-0.05, 0) is 24.5 Å². The smallest absolute Gasteiger partial charge is 0.115 e. The van der Waals surface area contributed by atoms with Crippen LogP contribution in [0.3, 0.4) is 0 Å². The molecule has 0 fully saturated rings. The fraction of sp³-hybridized carbons (Fsp3) is 0.333. The molecule has 0 radical (unpaired) electrons. The number of unbranched alkanes of at least 4 members (excludes halogenated alkanes) is 1. The molecule has 0 aliphatic carbocycles. The fourth-order valence-electron chi connectivity index (χ4n) is 2.27. The van der Waals surface area contributed by atoms with Crippen LogP contribution in [0.5, 0.6) is 0 Å². The molecule has 1 heteroatoms. The minimum Gasteiger partial charge on any atom is -0.366 e. The maximum atomic E-state index is 6.24. The first-order valence-electron chi connectivity index (χ1n) is 7.02. The standard InChI is InChI=1S/C18H22O/c1-3-4-15-19-18(2,16-11-7-5-8-12-16)17-13-9-6-10-14-17/h5-14H,3-4,15H2,1-2H3. The van der Waals surface area contributed by atoms with E-state index in [-0.39, 0.29) is 5.60 Å². The van der Waals surface area contributed by atoms with Gasteiger partial charge in [-0.1, -0.05) is 74.0 Å². The third-order valence-corrected chi connectivity index (χ3v) is 3.54. The third kappa shape index (κ3) is 3.24. The van der Waals surface area contributed by atoms with Crippen LogP contribution in [0.15, 0.2) is 60.7 Å². The van der Waals surface area contributed by atoms with Crippen LogP contribution in [0.2, 0.25) is 0 Å². The van der Waals surface area contributed by atoms with Crippen LogP contribution < -0.4 is 0 Å². The van der Waals surface area contributed by atoms with Crippen molar-refractivity contribution < 1.29 is 4.74 Å². The first-order valence-corrected chi connectivity index (χ1v) is 7.02. The Kier molecular flexibility index (Phi) is 4.75. The molecule has 0 N–H and O–H groups in total. The average molecular weight is 254 g/mol. The van der Waals surface area contributed by atoms with Gasteiger partial charge in [0.2, 0.25) is 0 Å². The molecule has 0 aromatic heterocycles. The van der Waals surface area contributed by atoms with Gasteiger partial charge >= 0.3 is 0 Å². The van der Waals surface area contributed by atoms with Crippen LogP contribution in [0.4, 0.5) is 0 Å². The Morgan fingerprint density at radius 1 is 0.842 bits per heavy atom. The minimum absolute atomic E-state index is 0.363. The zero-order valence-corrected chi connectivity index (χ0v) is 11.8. The van der Waals surface area contributed by atoms with Crippen molar-refractivity contribution in [3.63, 3.8) is 0 Å². The molecule has 19 heavy (non-hydrogen) atoms. The van der Waals surface area contributed by atoms with E-state index in [2.05, 4.69) is 62.4 Å². The summed E-state index contributed by atoms with van der Waals surface area (Å²) in [7, 11) is 0. The van der Waals surface area contributed by atoms with Crippen LogP contribution in [-0.4, -0.2) is 6.61 Å². The Morgan fingerprint density at radius 3 is 1.74 bits per heavy atom. The highest BCUT2D eigenvalue weighted by molar-refractivity contribution is 5.35. The van der Waals surface area contributed by atoms with E-state index in [0.717, 1.165) is 19.4 Å². The van der Waals surface area contributed by atoms with E-state index in [1.165, 1.54) is 11.1 Å². The summed E-state index contributed by atoms with van der Waals surface area (Å²) in [5.74, 6) is 0. The minimum atomic E-state index is -0.363. The van der Waals surface area contributed by atoms with Crippen LogP contribution >= 0.6 is 0 Å². The zero-order chi connectivity index (χ0) is 13.6. The van der Waals surface area contributed by atoms with Crippen molar-refractivity contribution in [3.05, 3.63) is 71.8 Å². The Labute approximate surface area is 116 Å². The van der Waals surface area contributed by atoms with Crippen LogP contribution in [-0.2, 0) is 10.3 Å². The average Bonchev–Trinajstić information content (AvgIpc) is 2.49. The van der Waals surface area contributed by atoms with Crippen LogP contribution in [0.25, 0.3) is 0 Å². The zero-order valence-electron chi connectivity index (χ0n) is 11.8. The van der Waals surface area contributed by atoms with Crippen molar-refractivity contribution in [1.29, 1.82) is 0 Å². The van der Waals surface area contributed by atoms with Gasteiger partial charge in [0.05, 0.1) is 0 Å². The van der Waals surface area contributed by atoms with Crippen molar-refractivity contribution >= 4 is 0 Å². The first kappa shape index (κ1) is 13.8. The largest absolute Gasteiger partial charge is 0.366 e. The maximum Gasteiger partial charge on any atom is 0.115 e. The van der Waals surface area contributed by atoms with Crippen molar-refractivity contribution in [3.8, 4) is 0 Å². The lowest BCUT2D eigenvalue weighted by Gasteiger charge is -2.31. The SMILES string of the molecule is CCCCOC(C)(c1ccccc1)c1ccccc1. The lowest BCUT2D eigenvalue weighted by molar-refractivity contribution is -0.00553. The predicted molar refractivity (Wildman–Crippen MR) is 80.2 cm³/mol. The lowest BCUT2D eigenvalue weighted by Crippen LogP contribution is -2.28. The van der Waals surface area contributed by atoms with Crippen molar-refractivity contribution in [2.24, 2.45) is 0 Å². The topological polar surface area (TPSA) is 9.23 Å². The van der Waals surface area contributed by atoms with Gasteiger partial charge in [-0.3, -0.25) is 0 Å². The predicted octanol–water partition coefficient (Wildman–Crippen LogP) is 4.77. The van der Waals surface area contributed by atoms with Gasteiger partial charge in [0.25, 0.3) is 0 Å². The second kappa shape index (κ2) is 6.53. The fourth-order valence-corrected chi connectivity index (χ4v) is 2.27. The Hall–Kier alpha value is -1.60. The van der Waals surface area contributed by atoms with Gasteiger partial charge in [-0.2, -0.15) is 0 Å². The quantitative estimate of drug-likeness (QED) is 0.675. The van der Waals surface area contributed by atoms with Crippen LogP contribution in [0, 0.1) is 0 Å². The van der Waals surface area contributed by atoms with Gasteiger partial charge in [0.15, 0.2) is 0 Å². The molecule has 2 aromatic carbocycles. The monoisotopic (exact) mass is 254 g/mol. The van der Waals surface area contributed by atoms with Crippen molar-refractivity contribution in [2.45, 2.75) is 32.3 Å². The summed E-state index contributed by atoms with van der Waals surface area (Å²) in [6, 6.07) is 20.9. The number of hydrogen-bond donors (Lipinski definition) is 0. The molecule has 0 heterocycles. The van der Waals surface area contributed by atoms with E-state index in [4.69, 9.17) is 4.74 Å². The molecule has 0 unspecified atom stereocenters. The van der Waals surface area contributed by atoms with E-state index >= 15 is 0 Å². The molecule has 100 valence electrons. The van der Waals surface area contributed by atoms with E-state index < -0.39 is 0 Å². The van der Waals surface area contributed by atoms with Gasteiger partial charge in [-0.15, -0.1) is 0 Å². The Balaban J connectivity index is 2.33. The van der Waals surface area contributed by atoms with Gasteiger partial charge < -0.3 is 4.74 Å². The summed E-state index contributed by atoms with van der Waals surface area (Å²) in [5, 5.41) is 0. The molecular weight excluding hydrogens is 232 g/mol. The molecule has 0 spiro atoms. The second-order valence-electron chi connectivity index (χ2n) is 4.97. The first-order chi connectivity index (χ1) is 9.27. The highest BCUT2D eigenvalue weighted by Crippen LogP contribution is 2.33. The maximum absolute atomic E-state index is 6.24. The third-order valence-electron chi connectivity index (χ3n) is 3.54. The molecule has 2 rings (SSSR count). The second-order valence-corrected chi connectivity index (χ2v) is 4.97. The van der Waals surface area contributed by atoms with Crippen molar-refractivity contribution in [2.75, 3.05) is 6.61 Å². The molecule has 0 saturated heterocycles. The molecule has 0 saturated carbocycles. The molecule has 0 aliphatic rings. The number of ether oxygens (including phenoxy) is 1. The molecular formula is C18H22O. The van der Waals surface area contributed by atoms with E-state index in [9.17, 15) is 0 Å². The van der Waals surface area contributed by atoms with Gasteiger partial charge in [0.1, 0.15) is 5.60 Å².